The van der Waals surface area contributed by atoms with Crippen molar-refractivity contribution in [1.82, 2.24) is 4.90 Å². The summed E-state index contributed by atoms with van der Waals surface area (Å²) in [6.07, 6.45) is 0.711. The maximum atomic E-state index is 12.9. The molecule has 1 unspecified atom stereocenters. The van der Waals surface area contributed by atoms with E-state index in [4.69, 9.17) is 0 Å². The fourth-order valence-corrected chi connectivity index (χ4v) is 2.65. The Morgan fingerprint density at radius 2 is 1.95 bits per heavy atom. The number of rotatable bonds is 3. The van der Waals surface area contributed by atoms with Crippen LogP contribution in [0.25, 0.3) is 0 Å². The smallest absolute Gasteiger partial charge is 0.245 e. The number of likely N-dealkylation sites (N-methyl/N-ethyl adjacent to an activating group) is 1. The van der Waals surface area contributed by atoms with Crippen molar-refractivity contribution in [2.24, 2.45) is 0 Å². The second-order valence-corrected chi connectivity index (χ2v) is 5.38. The van der Waals surface area contributed by atoms with Crippen LogP contribution >= 0.6 is 0 Å². The lowest BCUT2D eigenvalue weighted by atomic mass is 10.1. The third-order valence-corrected chi connectivity index (χ3v) is 3.78. The first-order chi connectivity index (χ1) is 10.1. The van der Waals surface area contributed by atoms with E-state index >= 15 is 0 Å². The Bertz CT molecular complexity index is 629. The van der Waals surface area contributed by atoms with Gasteiger partial charge in [-0.15, -0.1) is 0 Å². The highest BCUT2D eigenvalue weighted by molar-refractivity contribution is 5.87. The number of hydrogen-bond donors (Lipinski definition) is 1. The number of fused-ring (bicyclic) bond motifs is 1. The van der Waals surface area contributed by atoms with E-state index in [0.29, 0.717) is 13.0 Å². The summed E-state index contributed by atoms with van der Waals surface area (Å²) >= 11 is 0. The van der Waals surface area contributed by atoms with E-state index in [1.54, 1.807) is 24.1 Å². The predicted molar refractivity (Wildman–Crippen MR) is 80.4 cm³/mol. The molecule has 0 fully saturated rings. The minimum Gasteiger partial charge on any atom is -0.373 e. The molecular formula is C17H17FN2O. The lowest BCUT2D eigenvalue weighted by Gasteiger charge is -2.21. The fraction of sp³-hybridized carbons (Fsp3) is 0.235. The van der Waals surface area contributed by atoms with Gasteiger partial charge in [-0.25, -0.2) is 4.39 Å². The van der Waals surface area contributed by atoms with Gasteiger partial charge in [0.15, 0.2) is 0 Å². The maximum Gasteiger partial charge on any atom is 0.245 e. The summed E-state index contributed by atoms with van der Waals surface area (Å²) in [7, 11) is 1.77. The maximum absolute atomic E-state index is 12.9. The third-order valence-electron chi connectivity index (χ3n) is 3.78. The van der Waals surface area contributed by atoms with Crippen molar-refractivity contribution in [3.05, 3.63) is 65.5 Å². The van der Waals surface area contributed by atoms with Gasteiger partial charge in [-0.1, -0.05) is 30.3 Å². The zero-order valence-electron chi connectivity index (χ0n) is 11.8. The SMILES string of the molecule is CN(Cc1ccc(F)cc1)C(=O)C1Cc2ccccc2N1. The minimum atomic E-state index is -0.263. The fourth-order valence-electron chi connectivity index (χ4n) is 2.65. The van der Waals surface area contributed by atoms with Crippen LogP contribution in [-0.2, 0) is 17.8 Å². The van der Waals surface area contributed by atoms with Crippen LogP contribution in [0.1, 0.15) is 11.1 Å². The standard InChI is InChI=1S/C17H17FN2O/c1-20(11-12-6-8-14(18)9-7-12)17(21)16-10-13-4-2-3-5-15(13)19-16/h2-9,16,19H,10-11H2,1H3. The molecule has 1 aliphatic rings. The summed E-state index contributed by atoms with van der Waals surface area (Å²) < 4.78 is 12.9. The Labute approximate surface area is 123 Å². The second kappa shape index (κ2) is 5.56. The van der Waals surface area contributed by atoms with Crippen molar-refractivity contribution in [1.29, 1.82) is 0 Å². The molecule has 1 atom stereocenters. The van der Waals surface area contributed by atoms with Crippen molar-refractivity contribution >= 4 is 11.6 Å². The molecule has 1 aliphatic heterocycles. The summed E-state index contributed by atoms with van der Waals surface area (Å²) in [5.41, 5.74) is 3.12. The van der Waals surface area contributed by atoms with E-state index in [-0.39, 0.29) is 17.8 Å². The molecule has 1 heterocycles. The molecule has 0 saturated heterocycles. The number of carbonyl (C=O) groups excluding carboxylic acids is 1. The molecule has 2 aromatic carbocycles. The number of nitrogens with zero attached hydrogens (tertiary/aromatic N) is 1. The van der Waals surface area contributed by atoms with Gasteiger partial charge >= 0.3 is 0 Å². The van der Waals surface area contributed by atoms with Crippen LogP contribution in [0.15, 0.2) is 48.5 Å². The molecule has 0 saturated carbocycles. The number of hydrogen-bond acceptors (Lipinski definition) is 2. The highest BCUT2D eigenvalue weighted by Gasteiger charge is 2.28. The van der Waals surface area contributed by atoms with E-state index in [1.165, 1.54) is 17.7 Å². The van der Waals surface area contributed by atoms with Gasteiger partial charge in [0.1, 0.15) is 11.9 Å². The summed E-state index contributed by atoms with van der Waals surface area (Å²) in [6, 6.07) is 14.0. The molecule has 1 N–H and O–H groups in total. The normalized spacial score (nSPS) is 16.2. The second-order valence-electron chi connectivity index (χ2n) is 5.38. The van der Waals surface area contributed by atoms with Crippen molar-refractivity contribution in [3.63, 3.8) is 0 Å². The number of amides is 1. The van der Waals surface area contributed by atoms with Crippen LogP contribution in [0.4, 0.5) is 10.1 Å². The Morgan fingerprint density at radius 3 is 2.67 bits per heavy atom. The molecule has 3 nitrogen and oxygen atoms in total. The van der Waals surface area contributed by atoms with E-state index in [9.17, 15) is 9.18 Å². The van der Waals surface area contributed by atoms with Crippen LogP contribution in [0.2, 0.25) is 0 Å². The Morgan fingerprint density at radius 1 is 1.24 bits per heavy atom. The topological polar surface area (TPSA) is 32.3 Å². The number of carbonyl (C=O) groups is 1. The number of halogens is 1. The van der Waals surface area contributed by atoms with E-state index in [1.807, 2.05) is 24.3 Å². The Hall–Kier alpha value is -2.36. The number of para-hydroxylation sites is 1. The highest BCUT2D eigenvalue weighted by Crippen LogP contribution is 2.26. The van der Waals surface area contributed by atoms with E-state index < -0.39 is 0 Å². The average Bonchev–Trinajstić information content (AvgIpc) is 2.92. The first-order valence-corrected chi connectivity index (χ1v) is 6.97. The first kappa shape index (κ1) is 13.6. The third kappa shape index (κ3) is 2.89. The van der Waals surface area contributed by atoms with Gasteiger partial charge in [0.25, 0.3) is 0 Å². The lowest BCUT2D eigenvalue weighted by Crippen LogP contribution is -2.39. The lowest BCUT2D eigenvalue weighted by molar-refractivity contribution is -0.131. The van der Waals surface area contributed by atoms with Crippen LogP contribution in [-0.4, -0.2) is 23.9 Å². The summed E-state index contributed by atoms with van der Waals surface area (Å²) in [6.45, 7) is 0.480. The molecular weight excluding hydrogens is 267 g/mol. The van der Waals surface area contributed by atoms with Crippen molar-refractivity contribution in [2.75, 3.05) is 12.4 Å². The molecule has 1 amide bonds. The van der Waals surface area contributed by atoms with Gasteiger partial charge in [-0.05, 0) is 29.3 Å². The predicted octanol–water partition coefficient (Wildman–Crippen LogP) is 2.82. The number of benzene rings is 2. The molecule has 3 rings (SSSR count). The molecule has 0 radical (unpaired) electrons. The quantitative estimate of drug-likeness (QED) is 0.940. The summed E-state index contributed by atoms with van der Waals surface area (Å²) in [4.78, 5) is 14.2. The molecule has 2 aromatic rings. The molecule has 21 heavy (non-hydrogen) atoms. The molecule has 0 spiro atoms. The Balaban J connectivity index is 1.65. The zero-order chi connectivity index (χ0) is 14.8. The van der Waals surface area contributed by atoms with Crippen molar-refractivity contribution in [3.8, 4) is 0 Å². The molecule has 0 bridgehead atoms. The van der Waals surface area contributed by atoms with Crippen molar-refractivity contribution in [2.45, 2.75) is 19.0 Å². The van der Waals surface area contributed by atoms with Gasteiger partial charge in [0.2, 0.25) is 5.91 Å². The molecule has 4 heteroatoms. The van der Waals surface area contributed by atoms with Gasteiger partial charge in [0.05, 0.1) is 0 Å². The van der Waals surface area contributed by atoms with Crippen LogP contribution in [0.5, 0.6) is 0 Å². The zero-order valence-corrected chi connectivity index (χ0v) is 11.8. The van der Waals surface area contributed by atoms with Gasteiger partial charge in [0, 0.05) is 25.7 Å². The number of anilines is 1. The van der Waals surface area contributed by atoms with Crippen LogP contribution < -0.4 is 5.32 Å². The largest absolute Gasteiger partial charge is 0.373 e. The van der Waals surface area contributed by atoms with Crippen molar-refractivity contribution < 1.29 is 9.18 Å². The van der Waals surface area contributed by atoms with Gasteiger partial charge in [-0.3, -0.25) is 4.79 Å². The van der Waals surface area contributed by atoms with Crippen LogP contribution in [0.3, 0.4) is 0 Å². The summed E-state index contributed by atoms with van der Waals surface area (Å²) in [5.74, 6) is -0.212. The minimum absolute atomic E-state index is 0.0514. The summed E-state index contributed by atoms with van der Waals surface area (Å²) in [5, 5.41) is 3.26. The van der Waals surface area contributed by atoms with E-state index in [2.05, 4.69) is 5.32 Å². The Kier molecular flexibility index (Phi) is 3.60. The van der Waals surface area contributed by atoms with Crippen LogP contribution in [0, 0.1) is 5.82 Å². The first-order valence-electron chi connectivity index (χ1n) is 6.97. The number of nitrogens with one attached hydrogen (secondary N) is 1. The van der Waals surface area contributed by atoms with Gasteiger partial charge in [-0.2, -0.15) is 0 Å². The molecule has 108 valence electrons. The highest BCUT2D eigenvalue weighted by atomic mass is 19.1. The van der Waals surface area contributed by atoms with E-state index in [0.717, 1.165) is 11.3 Å². The molecule has 0 aromatic heterocycles. The molecule has 0 aliphatic carbocycles. The monoisotopic (exact) mass is 284 g/mol. The average molecular weight is 284 g/mol. The van der Waals surface area contributed by atoms with Gasteiger partial charge < -0.3 is 10.2 Å².